The Labute approximate surface area is 174 Å². The van der Waals surface area contributed by atoms with Crippen LogP contribution in [0.3, 0.4) is 0 Å². The van der Waals surface area contributed by atoms with E-state index in [1.54, 1.807) is 11.3 Å². The molecule has 152 valence electrons. The number of thiophene rings is 1. The van der Waals surface area contributed by atoms with Crippen molar-refractivity contribution in [1.82, 2.24) is 9.80 Å². The number of amides is 1. The Hall–Kier alpha value is -1.34. The molecule has 1 unspecified atom stereocenters. The molecule has 0 spiro atoms. The lowest BCUT2D eigenvalue weighted by Crippen LogP contribution is -2.51. The van der Waals surface area contributed by atoms with Gasteiger partial charge in [0.05, 0.1) is 5.60 Å². The molecule has 1 aromatic heterocycles. The maximum atomic E-state index is 11.6. The summed E-state index contributed by atoms with van der Waals surface area (Å²) >= 11 is 7.99. The lowest BCUT2D eigenvalue weighted by molar-refractivity contribution is -0.0334. The van der Waals surface area contributed by atoms with Gasteiger partial charge < -0.3 is 15.1 Å². The molecule has 0 radical (unpaired) electrons. The van der Waals surface area contributed by atoms with Gasteiger partial charge in [0, 0.05) is 48.4 Å². The predicted octanol–water partition coefficient (Wildman–Crippen LogP) is 4.63. The van der Waals surface area contributed by atoms with Crippen molar-refractivity contribution in [2.75, 3.05) is 32.7 Å². The molecular weight excluding hydrogens is 396 g/mol. The van der Waals surface area contributed by atoms with Gasteiger partial charge >= 0.3 is 6.09 Å². The van der Waals surface area contributed by atoms with Crippen molar-refractivity contribution in [3.8, 4) is 0 Å². The van der Waals surface area contributed by atoms with Crippen molar-refractivity contribution in [3.05, 3.63) is 34.2 Å². The fourth-order valence-electron chi connectivity index (χ4n) is 4.74. The zero-order valence-corrected chi connectivity index (χ0v) is 17.5. The Morgan fingerprint density at radius 1 is 1.18 bits per heavy atom. The highest BCUT2D eigenvalue weighted by molar-refractivity contribution is 7.17. The normalized spacial score (nSPS) is 21.7. The molecular formula is C21H27ClN2O3S. The molecule has 0 bridgehead atoms. The van der Waals surface area contributed by atoms with Gasteiger partial charge in [0.25, 0.3) is 0 Å². The Bertz CT molecular complexity index is 841. The van der Waals surface area contributed by atoms with E-state index in [1.165, 1.54) is 21.6 Å². The van der Waals surface area contributed by atoms with Crippen LogP contribution in [0.4, 0.5) is 4.79 Å². The molecule has 2 heterocycles. The Balaban J connectivity index is 1.63. The zero-order valence-electron chi connectivity index (χ0n) is 15.9. The summed E-state index contributed by atoms with van der Waals surface area (Å²) in [4.78, 5) is 15.0. The number of carboxylic acid groups (broad SMARTS) is 1. The second kappa shape index (κ2) is 8.19. The molecule has 1 aliphatic heterocycles. The third-order valence-electron chi connectivity index (χ3n) is 6.39. The van der Waals surface area contributed by atoms with E-state index in [0.29, 0.717) is 26.2 Å². The first-order valence-corrected chi connectivity index (χ1v) is 11.3. The van der Waals surface area contributed by atoms with E-state index in [0.717, 1.165) is 42.6 Å². The zero-order chi connectivity index (χ0) is 19.7. The van der Waals surface area contributed by atoms with Crippen LogP contribution >= 0.6 is 22.9 Å². The maximum absolute atomic E-state index is 11.6. The third kappa shape index (κ3) is 4.01. The van der Waals surface area contributed by atoms with Crippen LogP contribution < -0.4 is 0 Å². The number of hydrogen-bond donors (Lipinski definition) is 2. The smallest absolute Gasteiger partial charge is 0.407 e. The molecule has 1 amide bonds. The number of piperazine rings is 1. The fourth-order valence-corrected chi connectivity index (χ4v) is 5.91. The molecule has 2 N–H and O–H groups in total. The van der Waals surface area contributed by atoms with Crippen LogP contribution in [0.2, 0.25) is 5.02 Å². The van der Waals surface area contributed by atoms with Crippen molar-refractivity contribution < 1.29 is 15.0 Å². The van der Waals surface area contributed by atoms with Crippen LogP contribution in [0.25, 0.3) is 10.1 Å². The number of fused-ring (bicyclic) bond motifs is 1. The van der Waals surface area contributed by atoms with Crippen molar-refractivity contribution in [2.45, 2.75) is 43.6 Å². The second-order valence-corrected chi connectivity index (χ2v) is 9.47. The SMILES string of the molecule is O=C(O)N1CCN(CC(c2csc3ccc(Cl)cc23)C2(O)CCCCC2)CC1. The monoisotopic (exact) mass is 422 g/mol. The molecule has 5 nitrogen and oxygen atoms in total. The van der Waals surface area contributed by atoms with Gasteiger partial charge in [-0.25, -0.2) is 4.79 Å². The molecule has 1 saturated heterocycles. The van der Waals surface area contributed by atoms with Gasteiger partial charge in [0.1, 0.15) is 0 Å². The number of carbonyl (C=O) groups is 1. The van der Waals surface area contributed by atoms with Crippen LogP contribution in [0, 0.1) is 0 Å². The molecule has 7 heteroatoms. The maximum Gasteiger partial charge on any atom is 0.407 e. The summed E-state index contributed by atoms with van der Waals surface area (Å²) in [6, 6.07) is 5.99. The van der Waals surface area contributed by atoms with Crippen LogP contribution in [-0.4, -0.2) is 64.4 Å². The predicted molar refractivity (Wildman–Crippen MR) is 114 cm³/mol. The minimum absolute atomic E-state index is 0.0106. The number of rotatable bonds is 4. The molecule has 1 aromatic carbocycles. The summed E-state index contributed by atoms with van der Waals surface area (Å²) in [6.07, 6.45) is 4.10. The molecule has 1 saturated carbocycles. The Kier molecular flexibility index (Phi) is 5.83. The topological polar surface area (TPSA) is 64.0 Å². The van der Waals surface area contributed by atoms with Gasteiger partial charge in [-0.3, -0.25) is 4.90 Å². The molecule has 4 rings (SSSR count). The van der Waals surface area contributed by atoms with E-state index in [1.807, 2.05) is 12.1 Å². The average Bonchev–Trinajstić information content (AvgIpc) is 3.09. The number of nitrogens with zero attached hydrogens (tertiary/aromatic N) is 2. The summed E-state index contributed by atoms with van der Waals surface area (Å²) < 4.78 is 1.19. The van der Waals surface area contributed by atoms with Gasteiger partial charge in [-0.1, -0.05) is 30.9 Å². The van der Waals surface area contributed by atoms with Crippen molar-refractivity contribution in [2.24, 2.45) is 0 Å². The first-order valence-electron chi connectivity index (χ1n) is 10.1. The minimum atomic E-state index is -0.847. The molecule has 28 heavy (non-hydrogen) atoms. The van der Waals surface area contributed by atoms with E-state index >= 15 is 0 Å². The van der Waals surface area contributed by atoms with Gasteiger partial charge in [-0.05, 0) is 47.4 Å². The summed E-state index contributed by atoms with van der Waals surface area (Å²) in [5, 5.41) is 24.9. The second-order valence-electron chi connectivity index (χ2n) is 8.12. The Morgan fingerprint density at radius 2 is 1.89 bits per heavy atom. The summed E-state index contributed by atoms with van der Waals surface area (Å²) in [5.74, 6) is 0.0106. The molecule has 2 aliphatic rings. The lowest BCUT2D eigenvalue weighted by Gasteiger charge is -2.43. The summed E-state index contributed by atoms with van der Waals surface area (Å²) in [5.41, 5.74) is 0.478. The number of benzene rings is 1. The van der Waals surface area contributed by atoms with Crippen LogP contribution in [-0.2, 0) is 0 Å². The van der Waals surface area contributed by atoms with E-state index in [-0.39, 0.29) is 5.92 Å². The van der Waals surface area contributed by atoms with Crippen LogP contribution in [0.15, 0.2) is 23.6 Å². The van der Waals surface area contributed by atoms with Gasteiger partial charge in [-0.2, -0.15) is 0 Å². The van der Waals surface area contributed by atoms with Gasteiger partial charge in [-0.15, -0.1) is 11.3 Å². The number of aliphatic hydroxyl groups is 1. The highest BCUT2D eigenvalue weighted by Crippen LogP contribution is 2.44. The molecule has 2 fully saturated rings. The number of hydrogen-bond acceptors (Lipinski definition) is 4. The quantitative estimate of drug-likeness (QED) is 0.754. The van der Waals surface area contributed by atoms with Crippen molar-refractivity contribution in [1.29, 1.82) is 0 Å². The average molecular weight is 423 g/mol. The third-order valence-corrected chi connectivity index (χ3v) is 7.61. The van der Waals surface area contributed by atoms with Crippen LogP contribution in [0.5, 0.6) is 0 Å². The van der Waals surface area contributed by atoms with E-state index in [2.05, 4.69) is 16.3 Å². The minimum Gasteiger partial charge on any atom is -0.465 e. The molecule has 2 aromatic rings. The van der Waals surface area contributed by atoms with E-state index in [9.17, 15) is 15.0 Å². The lowest BCUT2D eigenvalue weighted by atomic mass is 9.72. The largest absolute Gasteiger partial charge is 0.465 e. The first kappa shape index (κ1) is 20.0. The standard InChI is InChI=1S/C21H27ClN2O3S/c22-15-4-5-19-16(12-15)17(14-28-19)18(21(27)6-2-1-3-7-21)13-23-8-10-24(11-9-23)20(25)26/h4-5,12,14,18,27H,1-3,6-11,13H2,(H,25,26). The van der Waals surface area contributed by atoms with Crippen molar-refractivity contribution >= 4 is 39.1 Å². The number of halogens is 1. The van der Waals surface area contributed by atoms with E-state index < -0.39 is 11.7 Å². The summed E-state index contributed by atoms with van der Waals surface area (Å²) in [7, 11) is 0. The van der Waals surface area contributed by atoms with Gasteiger partial charge in [0.15, 0.2) is 0 Å². The summed E-state index contributed by atoms with van der Waals surface area (Å²) in [6.45, 7) is 3.22. The molecule has 1 aliphatic carbocycles. The fraction of sp³-hybridized carbons (Fsp3) is 0.571. The van der Waals surface area contributed by atoms with E-state index in [4.69, 9.17) is 11.6 Å². The van der Waals surface area contributed by atoms with Gasteiger partial charge in [0.2, 0.25) is 0 Å². The Morgan fingerprint density at radius 3 is 2.57 bits per heavy atom. The first-order chi connectivity index (χ1) is 13.5. The highest BCUT2D eigenvalue weighted by atomic mass is 35.5. The van der Waals surface area contributed by atoms with Crippen LogP contribution in [0.1, 0.15) is 43.6 Å². The van der Waals surface area contributed by atoms with Crippen molar-refractivity contribution in [3.63, 3.8) is 0 Å². The highest BCUT2D eigenvalue weighted by Gasteiger charge is 2.41. The molecule has 1 atom stereocenters.